The quantitative estimate of drug-likeness (QED) is 0.578. The van der Waals surface area contributed by atoms with Crippen LogP contribution in [0.15, 0.2) is 53.4 Å². The second-order valence-electron chi connectivity index (χ2n) is 6.53. The van der Waals surface area contributed by atoms with Crippen LogP contribution in [-0.2, 0) is 10.0 Å². The molecule has 0 bridgehead atoms. The van der Waals surface area contributed by atoms with Gasteiger partial charge in [-0.3, -0.25) is 0 Å². The molecule has 0 unspecified atom stereocenters. The maximum atomic E-state index is 13.2. The lowest BCUT2D eigenvalue weighted by Gasteiger charge is -2.32. The number of benzene rings is 2. The van der Waals surface area contributed by atoms with Crippen LogP contribution in [0, 0.1) is 0 Å². The predicted molar refractivity (Wildman–Crippen MR) is 102 cm³/mol. The van der Waals surface area contributed by atoms with Gasteiger partial charge in [-0.25, -0.2) is 13.2 Å². The summed E-state index contributed by atoms with van der Waals surface area (Å²) in [6.07, 6.45) is 2.65. The van der Waals surface area contributed by atoms with Crippen LogP contribution in [-0.4, -0.2) is 38.4 Å². The predicted octanol–water partition coefficient (Wildman–Crippen LogP) is 3.48. The van der Waals surface area contributed by atoms with Gasteiger partial charge in [0.15, 0.2) is 0 Å². The first-order valence-corrected chi connectivity index (χ1v) is 10.3. The Morgan fingerprint density at radius 3 is 2.52 bits per heavy atom. The minimum atomic E-state index is -3.78. The molecule has 1 atom stereocenters. The number of para-hydroxylation sites is 1. The maximum Gasteiger partial charge on any atom is 0.343 e. The lowest BCUT2D eigenvalue weighted by molar-refractivity contribution is 0.0734. The number of hydrogen-bond acceptors (Lipinski definition) is 5. The molecular formula is C20H23NO5S. The summed E-state index contributed by atoms with van der Waals surface area (Å²) < 4.78 is 38.5. The molecule has 1 heterocycles. The van der Waals surface area contributed by atoms with Gasteiger partial charge >= 0.3 is 5.97 Å². The zero-order chi connectivity index (χ0) is 19.4. The van der Waals surface area contributed by atoms with Crippen LogP contribution in [0.5, 0.6) is 11.5 Å². The Labute approximate surface area is 159 Å². The maximum absolute atomic E-state index is 13.2. The fraction of sp³-hybridized carbons (Fsp3) is 0.350. The van der Waals surface area contributed by atoms with Crippen molar-refractivity contribution >= 4 is 16.0 Å². The number of rotatable bonds is 5. The molecule has 0 spiro atoms. The molecular weight excluding hydrogens is 366 g/mol. The number of ether oxygens (including phenoxy) is 2. The first-order valence-electron chi connectivity index (χ1n) is 8.90. The van der Waals surface area contributed by atoms with E-state index in [0.717, 1.165) is 19.3 Å². The molecule has 1 fully saturated rings. The Balaban J connectivity index is 1.95. The van der Waals surface area contributed by atoms with Crippen LogP contribution in [0.4, 0.5) is 0 Å². The Bertz CT molecular complexity index is 911. The molecule has 0 N–H and O–H groups in total. The second-order valence-corrected chi connectivity index (χ2v) is 8.39. The molecule has 3 rings (SSSR count). The standard InChI is InChI=1S/C20H23NO5S/c1-15-8-6-7-13-21(15)27(23,24)19-14-16(11-12-18(19)25-2)20(22)26-17-9-4-3-5-10-17/h3-5,9-12,14-15H,6-8,13H2,1-2H3/t15-/m1/s1. The van der Waals surface area contributed by atoms with E-state index in [2.05, 4.69) is 0 Å². The van der Waals surface area contributed by atoms with Gasteiger partial charge in [0.05, 0.1) is 12.7 Å². The van der Waals surface area contributed by atoms with Gasteiger partial charge in [-0.15, -0.1) is 0 Å². The van der Waals surface area contributed by atoms with Crippen LogP contribution >= 0.6 is 0 Å². The number of carbonyl (C=O) groups excluding carboxylic acids is 1. The summed E-state index contributed by atoms with van der Waals surface area (Å²) in [5.74, 6) is -0.0107. The van der Waals surface area contributed by atoms with E-state index in [1.54, 1.807) is 24.3 Å². The molecule has 7 heteroatoms. The van der Waals surface area contributed by atoms with Gasteiger partial charge in [-0.1, -0.05) is 24.6 Å². The molecule has 2 aromatic carbocycles. The smallest absolute Gasteiger partial charge is 0.343 e. The number of sulfonamides is 1. The van der Waals surface area contributed by atoms with Gasteiger partial charge in [0.1, 0.15) is 16.4 Å². The average Bonchev–Trinajstić information content (AvgIpc) is 2.68. The minimum Gasteiger partial charge on any atom is -0.495 e. The molecule has 0 radical (unpaired) electrons. The normalized spacial score (nSPS) is 18.1. The van der Waals surface area contributed by atoms with Gasteiger partial charge in [0.2, 0.25) is 10.0 Å². The molecule has 1 aliphatic rings. The molecule has 0 saturated carbocycles. The van der Waals surface area contributed by atoms with Crippen molar-refractivity contribution in [2.45, 2.75) is 37.1 Å². The number of nitrogens with zero attached hydrogens (tertiary/aromatic N) is 1. The van der Waals surface area contributed by atoms with E-state index < -0.39 is 16.0 Å². The highest BCUT2D eigenvalue weighted by atomic mass is 32.2. The third-order valence-electron chi connectivity index (χ3n) is 4.68. The molecule has 0 aliphatic carbocycles. The van der Waals surface area contributed by atoms with E-state index >= 15 is 0 Å². The van der Waals surface area contributed by atoms with Gasteiger partial charge in [-0.05, 0) is 50.1 Å². The van der Waals surface area contributed by atoms with E-state index in [1.807, 2.05) is 13.0 Å². The number of piperidine rings is 1. The third-order valence-corrected chi connectivity index (χ3v) is 6.72. The molecule has 0 amide bonds. The van der Waals surface area contributed by atoms with Crippen LogP contribution in [0.3, 0.4) is 0 Å². The Morgan fingerprint density at radius 2 is 1.85 bits per heavy atom. The van der Waals surface area contributed by atoms with Crippen molar-refractivity contribution in [1.29, 1.82) is 0 Å². The molecule has 27 heavy (non-hydrogen) atoms. The Kier molecular flexibility index (Phi) is 5.82. The summed E-state index contributed by atoms with van der Waals surface area (Å²) in [7, 11) is -2.37. The van der Waals surface area contributed by atoms with Crippen molar-refractivity contribution in [3.63, 3.8) is 0 Å². The van der Waals surface area contributed by atoms with Gasteiger partial charge in [-0.2, -0.15) is 4.31 Å². The van der Waals surface area contributed by atoms with Crippen molar-refractivity contribution in [2.75, 3.05) is 13.7 Å². The fourth-order valence-electron chi connectivity index (χ4n) is 3.21. The van der Waals surface area contributed by atoms with Crippen LogP contribution < -0.4 is 9.47 Å². The van der Waals surface area contributed by atoms with E-state index in [-0.39, 0.29) is 22.3 Å². The summed E-state index contributed by atoms with van der Waals surface area (Å²) in [4.78, 5) is 12.4. The van der Waals surface area contributed by atoms with Crippen molar-refractivity contribution in [2.24, 2.45) is 0 Å². The van der Waals surface area contributed by atoms with Crippen LogP contribution in [0.25, 0.3) is 0 Å². The zero-order valence-electron chi connectivity index (χ0n) is 15.4. The minimum absolute atomic E-state index is 0.0127. The van der Waals surface area contributed by atoms with Crippen LogP contribution in [0.1, 0.15) is 36.5 Å². The number of hydrogen-bond donors (Lipinski definition) is 0. The summed E-state index contributed by atoms with van der Waals surface area (Å²) >= 11 is 0. The van der Waals surface area contributed by atoms with Gasteiger partial charge < -0.3 is 9.47 Å². The Morgan fingerprint density at radius 1 is 1.11 bits per heavy atom. The highest BCUT2D eigenvalue weighted by Crippen LogP contribution is 2.32. The van der Waals surface area contributed by atoms with E-state index in [4.69, 9.17) is 9.47 Å². The molecule has 0 aromatic heterocycles. The summed E-state index contributed by atoms with van der Waals surface area (Å²) in [5.41, 5.74) is 0.155. The molecule has 6 nitrogen and oxygen atoms in total. The van der Waals surface area contributed by atoms with Crippen molar-refractivity contribution < 1.29 is 22.7 Å². The first kappa shape index (κ1) is 19.4. The fourth-order valence-corrected chi connectivity index (χ4v) is 5.10. The summed E-state index contributed by atoms with van der Waals surface area (Å²) in [6.45, 7) is 2.36. The SMILES string of the molecule is COc1ccc(C(=O)Oc2ccccc2)cc1S(=O)(=O)N1CCCC[C@H]1C. The van der Waals surface area contributed by atoms with Crippen molar-refractivity contribution in [3.8, 4) is 11.5 Å². The molecule has 1 aliphatic heterocycles. The zero-order valence-corrected chi connectivity index (χ0v) is 16.2. The van der Waals surface area contributed by atoms with Gasteiger partial charge in [0, 0.05) is 12.6 Å². The topological polar surface area (TPSA) is 72.9 Å². The lowest BCUT2D eigenvalue weighted by Crippen LogP contribution is -2.42. The monoisotopic (exact) mass is 389 g/mol. The highest BCUT2D eigenvalue weighted by Gasteiger charge is 2.33. The van der Waals surface area contributed by atoms with E-state index in [0.29, 0.717) is 12.3 Å². The highest BCUT2D eigenvalue weighted by molar-refractivity contribution is 7.89. The number of methoxy groups -OCH3 is 1. The van der Waals surface area contributed by atoms with E-state index in [1.165, 1.54) is 29.6 Å². The lowest BCUT2D eigenvalue weighted by atomic mass is 10.1. The number of carbonyl (C=O) groups is 1. The van der Waals surface area contributed by atoms with Crippen molar-refractivity contribution in [1.82, 2.24) is 4.31 Å². The molecule has 1 saturated heterocycles. The van der Waals surface area contributed by atoms with Crippen molar-refractivity contribution in [3.05, 3.63) is 54.1 Å². The second kappa shape index (κ2) is 8.10. The number of esters is 1. The molecule has 2 aromatic rings. The Hall–Kier alpha value is -2.38. The third kappa shape index (κ3) is 4.14. The average molecular weight is 389 g/mol. The van der Waals surface area contributed by atoms with Gasteiger partial charge in [0.25, 0.3) is 0 Å². The van der Waals surface area contributed by atoms with E-state index in [9.17, 15) is 13.2 Å². The molecule has 144 valence electrons. The first-order chi connectivity index (χ1) is 12.9. The summed E-state index contributed by atoms with van der Waals surface area (Å²) in [5, 5.41) is 0. The summed E-state index contributed by atoms with van der Waals surface area (Å²) in [6, 6.07) is 12.9. The largest absolute Gasteiger partial charge is 0.495 e. The van der Waals surface area contributed by atoms with Crippen LogP contribution in [0.2, 0.25) is 0 Å².